The minimum Gasteiger partial charge on any atom is -0.490 e. The molecule has 1 N–H and O–H groups in total. The van der Waals surface area contributed by atoms with Crippen LogP contribution in [0.5, 0.6) is 5.75 Å². The van der Waals surface area contributed by atoms with Gasteiger partial charge in [0, 0.05) is 29.1 Å². The molecule has 5 nitrogen and oxygen atoms in total. The molecular weight excluding hydrogens is 474 g/mol. The number of aryl methyl sites for hydroxylation is 1. The summed E-state index contributed by atoms with van der Waals surface area (Å²) in [6.07, 6.45) is 8.73. The number of aldehydes is 1. The van der Waals surface area contributed by atoms with Gasteiger partial charge in [0.2, 0.25) is 0 Å². The molecule has 0 amide bonds. The fourth-order valence-electron chi connectivity index (χ4n) is 6.78. The Morgan fingerprint density at radius 3 is 2.86 bits per heavy atom. The van der Waals surface area contributed by atoms with Gasteiger partial charge in [0.15, 0.2) is 0 Å². The van der Waals surface area contributed by atoms with Crippen molar-refractivity contribution < 1.29 is 19.4 Å². The molecule has 3 aliphatic rings. The van der Waals surface area contributed by atoms with Crippen LogP contribution in [0.15, 0.2) is 36.4 Å². The standard InChI is InChI=1S/C30H36ClNO4/c1-2-3-6-25(29(34)35)24-10-8-22(24)16-32-18-30(13-4-5-21-15-23(31)9-11-26(21)30)19-36-28-12-7-20(17-33)14-27(28)32/h7,9,11-12,14-15,17,22,24-25H,2-6,8,10,13,16,18-19H2,1H3,(H,34,35). The van der Waals surface area contributed by atoms with E-state index in [0.29, 0.717) is 18.1 Å². The molecule has 0 bridgehead atoms. The Morgan fingerprint density at radius 1 is 1.28 bits per heavy atom. The first-order chi connectivity index (χ1) is 17.4. The lowest BCUT2D eigenvalue weighted by Gasteiger charge is -2.46. The second kappa shape index (κ2) is 10.5. The van der Waals surface area contributed by atoms with E-state index in [1.54, 1.807) is 0 Å². The number of carbonyl (C=O) groups is 2. The molecule has 4 atom stereocenters. The first-order valence-corrected chi connectivity index (χ1v) is 13.8. The topological polar surface area (TPSA) is 66.8 Å². The van der Waals surface area contributed by atoms with Gasteiger partial charge in [0.1, 0.15) is 12.0 Å². The number of carboxylic acid groups (broad SMARTS) is 1. The summed E-state index contributed by atoms with van der Waals surface area (Å²) in [7, 11) is 0. The number of rotatable bonds is 8. The Hall–Kier alpha value is -2.53. The predicted molar refractivity (Wildman–Crippen MR) is 142 cm³/mol. The lowest BCUT2D eigenvalue weighted by atomic mass is 9.65. The fourth-order valence-corrected chi connectivity index (χ4v) is 6.98. The van der Waals surface area contributed by atoms with Crippen LogP contribution in [-0.4, -0.2) is 37.1 Å². The number of unbranched alkanes of at least 4 members (excludes halogenated alkanes) is 1. The van der Waals surface area contributed by atoms with Crippen molar-refractivity contribution in [3.63, 3.8) is 0 Å². The molecule has 2 aromatic rings. The third-order valence-electron chi connectivity index (χ3n) is 8.83. The molecule has 1 fully saturated rings. The van der Waals surface area contributed by atoms with Crippen molar-refractivity contribution in [2.45, 2.75) is 63.7 Å². The van der Waals surface area contributed by atoms with E-state index in [1.807, 2.05) is 24.3 Å². The zero-order valence-electron chi connectivity index (χ0n) is 21.0. The van der Waals surface area contributed by atoms with Crippen molar-refractivity contribution in [1.29, 1.82) is 0 Å². The van der Waals surface area contributed by atoms with E-state index in [2.05, 4.69) is 24.0 Å². The average Bonchev–Trinajstić information content (AvgIpc) is 3.01. The predicted octanol–water partition coefficient (Wildman–Crippen LogP) is 6.54. The Morgan fingerprint density at radius 2 is 2.14 bits per heavy atom. The molecular formula is C30H36ClNO4. The second-order valence-corrected chi connectivity index (χ2v) is 11.5. The van der Waals surface area contributed by atoms with E-state index in [1.165, 1.54) is 11.1 Å². The van der Waals surface area contributed by atoms with Gasteiger partial charge in [-0.25, -0.2) is 0 Å². The van der Waals surface area contributed by atoms with Gasteiger partial charge >= 0.3 is 5.97 Å². The fraction of sp³-hybridized carbons (Fsp3) is 0.533. The van der Waals surface area contributed by atoms with Crippen molar-refractivity contribution in [3.05, 3.63) is 58.1 Å². The molecule has 1 saturated carbocycles. The molecule has 1 spiro atoms. The Kier molecular flexibility index (Phi) is 7.30. The highest BCUT2D eigenvalue weighted by molar-refractivity contribution is 6.30. The Balaban J connectivity index is 1.49. The number of benzene rings is 2. The van der Waals surface area contributed by atoms with Gasteiger partial charge in [0.25, 0.3) is 0 Å². The number of aliphatic carboxylic acids is 1. The molecule has 4 unspecified atom stereocenters. The molecule has 192 valence electrons. The van der Waals surface area contributed by atoms with Crippen molar-refractivity contribution in [3.8, 4) is 5.75 Å². The maximum atomic E-state index is 12.1. The van der Waals surface area contributed by atoms with Crippen LogP contribution in [0.1, 0.15) is 73.4 Å². The molecule has 2 aliphatic carbocycles. The zero-order chi connectivity index (χ0) is 25.3. The number of ether oxygens (including phenoxy) is 1. The van der Waals surface area contributed by atoms with Gasteiger partial charge in [0.05, 0.1) is 18.2 Å². The number of hydrogen-bond donors (Lipinski definition) is 1. The molecule has 0 aromatic heterocycles. The Bertz CT molecular complexity index is 1130. The second-order valence-electron chi connectivity index (χ2n) is 11.0. The largest absolute Gasteiger partial charge is 0.490 e. The third kappa shape index (κ3) is 4.74. The highest BCUT2D eigenvalue weighted by Crippen LogP contribution is 2.47. The lowest BCUT2D eigenvalue weighted by molar-refractivity contribution is -0.146. The minimum absolute atomic E-state index is 0.174. The summed E-state index contributed by atoms with van der Waals surface area (Å²) < 4.78 is 6.47. The van der Waals surface area contributed by atoms with Crippen LogP contribution < -0.4 is 9.64 Å². The van der Waals surface area contributed by atoms with E-state index < -0.39 is 5.97 Å². The van der Waals surface area contributed by atoms with Gasteiger partial charge < -0.3 is 14.7 Å². The monoisotopic (exact) mass is 509 g/mol. The van der Waals surface area contributed by atoms with Gasteiger partial charge in [-0.2, -0.15) is 0 Å². The maximum absolute atomic E-state index is 12.1. The van der Waals surface area contributed by atoms with Gasteiger partial charge in [-0.15, -0.1) is 0 Å². The van der Waals surface area contributed by atoms with E-state index >= 15 is 0 Å². The van der Waals surface area contributed by atoms with Crippen molar-refractivity contribution in [1.82, 2.24) is 0 Å². The summed E-state index contributed by atoms with van der Waals surface area (Å²) >= 11 is 6.35. The van der Waals surface area contributed by atoms with Crippen molar-refractivity contribution in [2.24, 2.45) is 17.8 Å². The molecule has 1 aliphatic heterocycles. The molecule has 36 heavy (non-hydrogen) atoms. The number of fused-ring (bicyclic) bond motifs is 3. The normalized spacial score (nSPS) is 25.7. The highest BCUT2D eigenvalue weighted by atomic mass is 35.5. The molecule has 0 radical (unpaired) electrons. The quantitative estimate of drug-likeness (QED) is 0.409. The van der Waals surface area contributed by atoms with Gasteiger partial charge in [-0.1, -0.05) is 37.4 Å². The summed E-state index contributed by atoms with van der Waals surface area (Å²) in [5, 5.41) is 10.7. The maximum Gasteiger partial charge on any atom is 0.306 e. The van der Waals surface area contributed by atoms with Crippen LogP contribution >= 0.6 is 11.6 Å². The first kappa shape index (κ1) is 25.1. The highest BCUT2D eigenvalue weighted by Gasteiger charge is 2.45. The summed E-state index contributed by atoms with van der Waals surface area (Å²) in [4.78, 5) is 26.2. The number of nitrogens with zero attached hydrogens (tertiary/aromatic N) is 1. The zero-order valence-corrected chi connectivity index (χ0v) is 21.8. The van der Waals surface area contributed by atoms with E-state index in [4.69, 9.17) is 16.3 Å². The third-order valence-corrected chi connectivity index (χ3v) is 9.07. The summed E-state index contributed by atoms with van der Waals surface area (Å²) in [6.45, 7) is 4.26. The van der Waals surface area contributed by atoms with E-state index in [0.717, 1.165) is 87.2 Å². The molecule has 5 rings (SSSR count). The molecule has 2 aromatic carbocycles. The van der Waals surface area contributed by atoms with Crippen molar-refractivity contribution >= 4 is 29.5 Å². The van der Waals surface area contributed by atoms with Crippen LogP contribution in [0.4, 0.5) is 5.69 Å². The Labute approximate surface area is 218 Å². The average molecular weight is 510 g/mol. The van der Waals surface area contributed by atoms with Gasteiger partial charge in [-0.05, 0) is 91.8 Å². The van der Waals surface area contributed by atoms with Crippen LogP contribution in [0.25, 0.3) is 0 Å². The lowest BCUT2D eigenvalue weighted by Crippen LogP contribution is -2.49. The number of anilines is 1. The SMILES string of the molecule is CCCCC(C(=O)O)C1CCC1CN1CC2(CCCc3cc(Cl)ccc32)COc2ccc(C=O)cc21. The van der Waals surface area contributed by atoms with Crippen LogP contribution in [0, 0.1) is 17.8 Å². The number of hydrogen-bond acceptors (Lipinski definition) is 4. The molecule has 1 heterocycles. The van der Waals surface area contributed by atoms with E-state index in [9.17, 15) is 14.7 Å². The minimum atomic E-state index is -0.657. The van der Waals surface area contributed by atoms with Gasteiger partial charge in [-0.3, -0.25) is 9.59 Å². The number of carboxylic acids is 1. The summed E-state index contributed by atoms with van der Waals surface area (Å²) in [5.74, 6) is 0.383. The number of carbonyl (C=O) groups excluding carboxylic acids is 1. The molecule has 0 saturated heterocycles. The summed E-state index contributed by atoms with van der Waals surface area (Å²) in [5.41, 5.74) is 4.01. The van der Waals surface area contributed by atoms with Crippen molar-refractivity contribution in [2.75, 3.05) is 24.6 Å². The van der Waals surface area contributed by atoms with Crippen LogP contribution in [0.2, 0.25) is 5.02 Å². The van der Waals surface area contributed by atoms with Crippen LogP contribution in [0.3, 0.4) is 0 Å². The van der Waals surface area contributed by atoms with Crippen LogP contribution in [-0.2, 0) is 16.6 Å². The summed E-state index contributed by atoms with van der Waals surface area (Å²) in [6, 6.07) is 11.9. The smallest absolute Gasteiger partial charge is 0.306 e. The number of halogens is 1. The first-order valence-electron chi connectivity index (χ1n) is 13.4. The van der Waals surface area contributed by atoms with E-state index in [-0.39, 0.29) is 17.3 Å². The molecule has 6 heteroatoms.